The van der Waals surface area contributed by atoms with Crippen molar-refractivity contribution in [2.45, 2.75) is 38.8 Å². The number of likely N-dealkylation sites (tertiary alicyclic amines) is 1. The zero-order valence-electron chi connectivity index (χ0n) is 12.8. The summed E-state index contributed by atoms with van der Waals surface area (Å²) in [6.07, 6.45) is 2.38. The Morgan fingerprint density at radius 2 is 2.05 bits per heavy atom. The van der Waals surface area contributed by atoms with Gasteiger partial charge in [-0.1, -0.05) is 19.9 Å². The summed E-state index contributed by atoms with van der Waals surface area (Å²) in [7, 11) is 1.72. The lowest BCUT2D eigenvalue weighted by Gasteiger charge is -2.40. The van der Waals surface area contributed by atoms with E-state index in [1.165, 1.54) is 30.6 Å². The molecule has 3 nitrogen and oxygen atoms in total. The van der Waals surface area contributed by atoms with Crippen LogP contribution in [0.2, 0.25) is 0 Å². The Balaban J connectivity index is 1.78. The molecule has 2 aliphatic rings. The van der Waals surface area contributed by atoms with Gasteiger partial charge in [-0.15, -0.1) is 0 Å². The van der Waals surface area contributed by atoms with Crippen molar-refractivity contribution in [1.82, 2.24) is 4.90 Å². The van der Waals surface area contributed by atoms with Crippen LogP contribution in [-0.4, -0.2) is 31.1 Å². The fraction of sp³-hybridized carbons (Fsp3) is 0.647. The Labute approximate surface area is 122 Å². The molecule has 0 spiro atoms. The summed E-state index contributed by atoms with van der Waals surface area (Å²) in [5, 5.41) is 0. The van der Waals surface area contributed by atoms with Crippen molar-refractivity contribution in [1.29, 1.82) is 0 Å². The summed E-state index contributed by atoms with van der Waals surface area (Å²) in [4.78, 5) is 2.61. The third-order valence-electron chi connectivity index (χ3n) is 5.39. The Morgan fingerprint density at radius 3 is 2.75 bits per heavy atom. The number of nitrogens with zero attached hydrogens (tertiary/aromatic N) is 1. The third kappa shape index (κ3) is 2.33. The van der Waals surface area contributed by atoms with Crippen LogP contribution in [0.25, 0.3) is 0 Å². The summed E-state index contributed by atoms with van der Waals surface area (Å²) >= 11 is 0. The largest absolute Gasteiger partial charge is 0.497 e. The summed E-state index contributed by atoms with van der Waals surface area (Å²) in [6, 6.07) is 6.95. The van der Waals surface area contributed by atoms with Gasteiger partial charge < -0.3 is 10.5 Å². The van der Waals surface area contributed by atoms with Crippen LogP contribution >= 0.6 is 0 Å². The first kappa shape index (κ1) is 13.9. The van der Waals surface area contributed by atoms with Gasteiger partial charge in [0.15, 0.2) is 0 Å². The minimum Gasteiger partial charge on any atom is -0.497 e. The van der Waals surface area contributed by atoms with Crippen LogP contribution in [0.4, 0.5) is 0 Å². The Morgan fingerprint density at radius 1 is 1.25 bits per heavy atom. The van der Waals surface area contributed by atoms with Gasteiger partial charge in [-0.2, -0.15) is 0 Å². The molecule has 3 heteroatoms. The van der Waals surface area contributed by atoms with Gasteiger partial charge in [0.2, 0.25) is 0 Å². The predicted octanol–water partition coefficient (Wildman–Crippen LogP) is 2.60. The number of benzene rings is 1. The highest BCUT2D eigenvalue weighted by molar-refractivity contribution is 5.42. The highest BCUT2D eigenvalue weighted by Crippen LogP contribution is 2.37. The van der Waals surface area contributed by atoms with E-state index in [1.807, 2.05) is 0 Å². The molecule has 0 bridgehead atoms. The molecule has 1 aromatic carbocycles. The molecule has 1 saturated heterocycles. The van der Waals surface area contributed by atoms with Gasteiger partial charge in [0.1, 0.15) is 5.75 Å². The molecule has 20 heavy (non-hydrogen) atoms. The van der Waals surface area contributed by atoms with Crippen molar-refractivity contribution >= 4 is 0 Å². The van der Waals surface area contributed by atoms with Crippen molar-refractivity contribution in [2.75, 3.05) is 20.2 Å². The quantitative estimate of drug-likeness (QED) is 0.901. The number of methoxy groups -OCH3 is 1. The molecule has 0 amide bonds. The van der Waals surface area contributed by atoms with Crippen LogP contribution in [0.1, 0.15) is 37.4 Å². The summed E-state index contributed by atoms with van der Waals surface area (Å²) in [6.45, 7) is 7.11. The van der Waals surface area contributed by atoms with Gasteiger partial charge in [-0.05, 0) is 54.5 Å². The van der Waals surface area contributed by atoms with Crippen LogP contribution in [-0.2, 0) is 6.42 Å². The highest BCUT2D eigenvalue weighted by Gasteiger charge is 2.36. The minimum atomic E-state index is 0.126. The molecule has 1 aromatic rings. The molecule has 1 fully saturated rings. The Bertz CT molecular complexity index is 488. The smallest absolute Gasteiger partial charge is 0.119 e. The van der Waals surface area contributed by atoms with Crippen molar-refractivity contribution in [3.05, 3.63) is 29.3 Å². The normalized spacial score (nSPS) is 34.0. The first-order chi connectivity index (χ1) is 9.60. The summed E-state index contributed by atoms with van der Waals surface area (Å²) in [5.41, 5.74) is 9.20. The minimum absolute atomic E-state index is 0.126. The second-order valence-corrected chi connectivity index (χ2v) is 6.60. The van der Waals surface area contributed by atoms with Gasteiger partial charge in [-0.3, -0.25) is 4.90 Å². The molecule has 3 rings (SSSR count). The van der Waals surface area contributed by atoms with Crippen LogP contribution in [0.3, 0.4) is 0 Å². The average Bonchev–Trinajstić information content (AvgIpc) is 2.79. The Hall–Kier alpha value is -1.06. The third-order valence-corrected chi connectivity index (χ3v) is 5.39. The predicted molar refractivity (Wildman–Crippen MR) is 81.9 cm³/mol. The summed E-state index contributed by atoms with van der Waals surface area (Å²) in [5.74, 6) is 2.53. The van der Waals surface area contributed by atoms with Crippen LogP contribution < -0.4 is 10.5 Å². The number of fused-ring (bicyclic) bond motifs is 1. The maximum Gasteiger partial charge on any atom is 0.119 e. The monoisotopic (exact) mass is 274 g/mol. The lowest BCUT2D eigenvalue weighted by molar-refractivity contribution is 0.0880. The molecule has 0 radical (unpaired) electrons. The van der Waals surface area contributed by atoms with Crippen molar-refractivity contribution in [2.24, 2.45) is 17.6 Å². The van der Waals surface area contributed by atoms with E-state index in [2.05, 4.69) is 36.9 Å². The molecule has 1 aliphatic heterocycles. The van der Waals surface area contributed by atoms with Crippen LogP contribution in [0, 0.1) is 11.8 Å². The average molecular weight is 274 g/mol. The maximum atomic E-state index is 6.53. The first-order valence-electron chi connectivity index (χ1n) is 7.76. The van der Waals surface area contributed by atoms with Crippen LogP contribution in [0.15, 0.2) is 18.2 Å². The van der Waals surface area contributed by atoms with Gasteiger partial charge in [-0.25, -0.2) is 0 Å². The zero-order valence-corrected chi connectivity index (χ0v) is 12.8. The molecule has 0 saturated carbocycles. The van der Waals surface area contributed by atoms with Gasteiger partial charge in [0.05, 0.1) is 7.11 Å². The zero-order chi connectivity index (χ0) is 14.3. The fourth-order valence-electron chi connectivity index (χ4n) is 3.71. The fourth-order valence-corrected chi connectivity index (χ4v) is 3.71. The van der Waals surface area contributed by atoms with Crippen LogP contribution in [0.5, 0.6) is 5.75 Å². The molecule has 0 aromatic heterocycles. The lowest BCUT2D eigenvalue weighted by Crippen LogP contribution is -2.47. The van der Waals surface area contributed by atoms with Crippen molar-refractivity contribution < 1.29 is 4.74 Å². The van der Waals surface area contributed by atoms with E-state index in [1.54, 1.807) is 7.11 Å². The van der Waals surface area contributed by atoms with Crippen molar-refractivity contribution in [3.8, 4) is 5.75 Å². The standard InChI is InChI=1S/C17H26N2O/c1-11-6-7-19(10-12(11)2)16-8-13-4-5-14(20-3)9-15(13)17(16)18/h4-5,9,11-12,16-17H,6-8,10,18H2,1-3H3. The number of rotatable bonds is 2. The van der Waals surface area contributed by atoms with E-state index in [4.69, 9.17) is 10.5 Å². The van der Waals surface area contributed by atoms with Crippen molar-refractivity contribution in [3.63, 3.8) is 0 Å². The molecule has 4 atom stereocenters. The van der Waals surface area contributed by atoms with Gasteiger partial charge in [0.25, 0.3) is 0 Å². The number of hydrogen-bond acceptors (Lipinski definition) is 3. The molecule has 4 unspecified atom stereocenters. The van der Waals surface area contributed by atoms with E-state index >= 15 is 0 Å². The molecule has 2 N–H and O–H groups in total. The molecule has 1 heterocycles. The second kappa shape index (κ2) is 5.38. The number of ether oxygens (including phenoxy) is 1. The maximum absolute atomic E-state index is 6.53. The lowest BCUT2D eigenvalue weighted by atomic mass is 9.87. The summed E-state index contributed by atoms with van der Waals surface area (Å²) < 4.78 is 5.33. The first-order valence-corrected chi connectivity index (χ1v) is 7.76. The number of hydrogen-bond donors (Lipinski definition) is 1. The van der Waals surface area contributed by atoms with E-state index < -0.39 is 0 Å². The van der Waals surface area contributed by atoms with Gasteiger partial charge in [0, 0.05) is 18.6 Å². The topological polar surface area (TPSA) is 38.5 Å². The highest BCUT2D eigenvalue weighted by atomic mass is 16.5. The molecular weight excluding hydrogens is 248 g/mol. The second-order valence-electron chi connectivity index (χ2n) is 6.60. The number of piperidine rings is 1. The Kier molecular flexibility index (Phi) is 3.74. The molecule has 1 aliphatic carbocycles. The van der Waals surface area contributed by atoms with E-state index in [-0.39, 0.29) is 6.04 Å². The van der Waals surface area contributed by atoms with E-state index in [0.29, 0.717) is 6.04 Å². The number of nitrogens with two attached hydrogens (primary N) is 1. The van der Waals surface area contributed by atoms with E-state index in [9.17, 15) is 0 Å². The SMILES string of the molecule is COc1ccc2c(c1)C(N)C(N1CCC(C)C(C)C1)C2. The van der Waals surface area contributed by atoms with E-state index in [0.717, 1.165) is 24.0 Å². The van der Waals surface area contributed by atoms with Gasteiger partial charge >= 0.3 is 0 Å². The molecular formula is C17H26N2O. The molecule has 110 valence electrons.